The lowest BCUT2D eigenvalue weighted by atomic mass is 10.2. The summed E-state index contributed by atoms with van der Waals surface area (Å²) in [5.74, 6) is 1.01. The summed E-state index contributed by atoms with van der Waals surface area (Å²) in [6, 6.07) is 10.4. The second-order valence-electron chi connectivity index (χ2n) is 3.83. The highest BCUT2D eigenvalue weighted by atomic mass is 32.2. The topological polar surface area (TPSA) is 41.5 Å². The maximum absolute atomic E-state index is 9.51. The van der Waals surface area contributed by atoms with Crippen molar-refractivity contribution in [1.29, 1.82) is 0 Å². The predicted molar refractivity (Wildman–Crippen MR) is 65.8 cm³/mol. The van der Waals surface area contributed by atoms with Gasteiger partial charge in [0, 0.05) is 17.2 Å². The van der Waals surface area contributed by atoms with Crippen LogP contribution >= 0.6 is 11.8 Å². The summed E-state index contributed by atoms with van der Waals surface area (Å²) in [6.07, 6.45) is -0.346. The van der Waals surface area contributed by atoms with Gasteiger partial charge in [-0.2, -0.15) is 0 Å². The highest BCUT2D eigenvalue weighted by molar-refractivity contribution is 7.99. The summed E-state index contributed by atoms with van der Waals surface area (Å²) in [7, 11) is 0. The molecule has 0 radical (unpaired) electrons. The average Bonchev–Trinajstić information content (AvgIpc) is 2.72. The number of ether oxygens (including phenoxy) is 1. The smallest absolute Gasteiger partial charge is 0.0948 e. The van der Waals surface area contributed by atoms with E-state index in [-0.39, 0.29) is 12.1 Å². The molecule has 1 aliphatic rings. The van der Waals surface area contributed by atoms with Crippen molar-refractivity contribution in [3.8, 4) is 0 Å². The molecule has 1 saturated heterocycles. The van der Waals surface area contributed by atoms with Crippen LogP contribution in [-0.4, -0.2) is 42.8 Å². The van der Waals surface area contributed by atoms with Crippen LogP contribution in [-0.2, 0) is 4.74 Å². The van der Waals surface area contributed by atoms with Crippen LogP contribution in [0.3, 0.4) is 0 Å². The van der Waals surface area contributed by atoms with Crippen LogP contribution in [0.4, 0.5) is 0 Å². The molecule has 1 aromatic rings. The number of hydrogen-bond acceptors (Lipinski definition) is 4. The number of aliphatic hydroxyl groups is 1. The van der Waals surface area contributed by atoms with E-state index < -0.39 is 0 Å². The first-order valence-corrected chi connectivity index (χ1v) is 6.52. The molecule has 2 unspecified atom stereocenters. The van der Waals surface area contributed by atoms with Gasteiger partial charge in [0.05, 0.1) is 25.4 Å². The molecule has 0 spiro atoms. The van der Waals surface area contributed by atoms with Crippen molar-refractivity contribution >= 4 is 11.8 Å². The molecule has 3 nitrogen and oxygen atoms in total. The van der Waals surface area contributed by atoms with E-state index in [9.17, 15) is 5.11 Å². The van der Waals surface area contributed by atoms with Gasteiger partial charge in [0.2, 0.25) is 0 Å². The quantitative estimate of drug-likeness (QED) is 0.597. The highest BCUT2D eigenvalue weighted by Crippen LogP contribution is 2.16. The van der Waals surface area contributed by atoms with Crippen LogP contribution in [0.25, 0.3) is 0 Å². The van der Waals surface area contributed by atoms with Gasteiger partial charge in [0.25, 0.3) is 0 Å². The molecule has 2 rings (SSSR count). The average molecular weight is 239 g/mol. The largest absolute Gasteiger partial charge is 0.389 e. The third kappa shape index (κ3) is 3.49. The first kappa shape index (κ1) is 11.9. The maximum Gasteiger partial charge on any atom is 0.0948 e. The first-order valence-electron chi connectivity index (χ1n) is 5.53. The second-order valence-corrected chi connectivity index (χ2v) is 5.00. The van der Waals surface area contributed by atoms with E-state index in [0.29, 0.717) is 13.2 Å². The van der Waals surface area contributed by atoms with Gasteiger partial charge in [-0.15, -0.1) is 11.8 Å². The van der Waals surface area contributed by atoms with Crippen LogP contribution < -0.4 is 5.32 Å². The Morgan fingerprint density at radius 1 is 1.31 bits per heavy atom. The Kier molecular flexibility index (Phi) is 4.66. The lowest BCUT2D eigenvalue weighted by Crippen LogP contribution is -2.39. The standard InChI is InChI=1S/C12H17NO2S/c14-12-9-15-8-11(12)13-6-7-16-10-4-2-1-3-5-10/h1-5,11-14H,6-9H2. The molecule has 88 valence electrons. The number of thioether (sulfide) groups is 1. The fourth-order valence-electron chi connectivity index (χ4n) is 1.67. The van der Waals surface area contributed by atoms with Crippen LogP contribution in [0, 0.1) is 0 Å². The predicted octanol–water partition coefficient (Wildman–Crippen LogP) is 1.13. The molecule has 16 heavy (non-hydrogen) atoms. The molecule has 2 atom stereocenters. The lowest BCUT2D eigenvalue weighted by molar-refractivity contribution is 0.122. The van der Waals surface area contributed by atoms with Gasteiger partial charge in [0.1, 0.15) is 0 Å². The minimum atomic E-state index is -0.346. The zero-order valence-corrected chi connectivity index (χ0v) is 9.95. The van der Waals surface area contributed by atoms with Crippen LogP contribution in [0.1, 0.15) is 0 Å². The van der Waals surface area contributed by atoms with E-state index in [0.717, 1.165) is 12.3 Å². The van der Waals surface area contributed by atoms with Crippen molar-refractivity contribution in [2.24, 2.45) is 0 Å². The molecule has 1 heterocycles. The van der Waals surface area contributed by atoms with Gasteiger partial charge < -0.3 is 15.2 Å². The summed E-state index contributed by atoms with van der Waals surface area (Å²) in [6.45, 7) is 1.98. The van der Waals surface area contributed by atoms with E-state index in [1.54, 1.807) is 0 Å². The minimum absolute atomic E-state index is 0.108. The van der Waals surface area contributed by atoms with Crippen molar-refractivity contribution < 1.29 is 9.84 Å². The van der Waals surface area contributed by atoms with Crippen molar-refractivity contribution in [1.82, 2.24) is 5.32 Å². The monoisotopic (exact) mass is 239 g/mol. The summed E-state index contributed by atoms with van der Waals surface area (Å²) in [5, 5.41) is 12.8. The molecule has 4 heteroatoms. The molecule has 2 N–H and O–H groups in total. The Morgan fingerprint density at radius 3 is 2.81 bits per heavy atom. The summed E-state index contributed by atoms with van der Waals surface area (Å²) in [5.41, 5.74) is 0. The van der Waals surface area contributed by atoms with Gasteiger partial charge in [-0.1, -0.05) is 18.2 Å². The molecule has 0 amide bonds. The molecule has 0 aromatic heterocycles. The van der Waals surface area contributed by atoms with E-state index in [2.05, 4.69) is 17.4 Å². The molecule has 1 aliphatic heterocycles. The molecule has 1 fully saturated rings. The fraction of sp³-hybridized carbons (Fsp3) is 0.500. The van der Waals surface area contributed by atoms with Crippen molar-refractivity contribution in [3.63, 3.8) is 0 Å². The summed E-state index contributed by atoms with van der Waals surface area (Å²) >= 11 is 1.82. The van der Waals surface area contributed by atoms with Gasteiger partial charge in [-0.05, 0) is 12.1 Å². The van der Waals surface area contributed by atoms with Crippen molar-refractivity contribution in [3.05, 3.63) is 30.3 Å². The molecule has 0 aliphatic carbocycles. The summed E-state index contributed by atoms with van der Waals surface area (Å²) in [4.78, 5) is 1.28. The number of benzene rings is 1. The van der Waals surface area contributed by atoms with E-state index in [1.165, 1.54) is 4.90 Å². The number of hydrogen-bond donors (Lipinski definition) is 2. The molecular weight excluding hydrogens is 222 g/mol. The van der Waals surface area contributed by atoms with Gasteiger partial charge >= 0.3 is 0 Å². The molecular formula is C12H17NO2S. The molecule has 0 saturated carbocycles. The fourth-order valence-corrected chi connectivity index (χ4v) is 2.47. The van der Waals surface area contributed by atoms with Gasteiger partial charge in [0.15, 0.2) is 0 Å². The molecule has 1 aromatic carbocycles. The summed E-state index contributed by atoms with van der Waals surface area (Å²) < 4.78 is 5.17. The number of aliphatic hydroxyl groups excluding tert-OH is 1. The Bertz CT molecular complexity index is 307. The zero-order valence-electron chi connectivity index (χ0n) is 9.13. The SMILES string of the molecule is OC1COCC1NCCSc1ccccc1. The molecule has 0 bridgehead atoms. The third-order valence-electron chi connectivity index (χ3n) is 2.57. The third-order valence-corrected chi connectivity index (χ3v) is 3.58. The van der Waals surface area contributed by atoms with Crippen LogP contribution in [0.15, 0.2) is 35.2 Å². The first-order chi connectivity index (χ1) is 7.86. The number of rotatable bonds is 5. The lowest BCUT2D eigenvalue weighted by Gasteiger charge is -2.13. The van der Waals surface area contributed by atoms with Crippen LogP contribution in [0.2, 0.25) is 0 Å². The van der Waals surface area contributed by atoms with E-state index in [1.807, 2.05) is 30.0 Å². The Balaban J connectivity index is 1.62. The second kappa shape index (κ2) is 6.25. The van der Waals surface area contributed by atoms with Crippen molar-refractivity contribution in [2.45, 2.75) is 17.0 Å². The van der Waals surface area contributed by atoms with Gasteiger partial charge in [-0.25, -0.2) is 0 Å². The Hall–Kier alpha value is -0.550. The van der Waals surface area contributed by atoms with E-state index >= 15 is 0 Å². The van der Waals surface area contributed by atoms with Gasteiger partial charge in [-0.3, -0.25) is 0 Å². The Morgan fingerprint density at radius 2 is 2.12 bits per heavy atom. The zero-order chi connectivity index (χ0) is 11.2. The normalized spacial score (nSPS) is 24.8. The number of nitrogens with one attached hydrogen (secondary N) is 1. The van der Waals surface area contributed by atoms with Crippen molar-refractivity contribution in [2.75, 3.05) is 25.5 Å². The maximum atomic E-state index is 9.51. The van der Waals surface area contributed by atoms with Crippen LogP contribution in [0.5, 0.6) is 0 Å². The minimum Gasteiger partial charge on any atom is -0.389 e. The van der Waals surface area contributed by atoms with E-state index in [4.69, 9.17) is 4.74 Å². The highest BCUT2D eigenvalue weighted by Gasteiger charge is 2.24. The Labute approximate surface area is 100 Å².